The number of hydrogen-bond acceptors (Lipinski definition) is 3. The molecular formula is C31H24N2O2. The number of aromatic nitrogens is 1. The van der Waals surface area contributed by atoms with Gasteiger partial charge in [0.05, 0.1) is 22.8 Å². The molecule has 0 bridgehead atoms. The fraction of sp³-hybridized carbons (Fsp3) is 0.0645. The van der Waals surface area contributed by atoms with Crippen molar-refractivity contribution in [2.75, 3.05) is 0 Å². The zero-order chi connectivity index (χ0) is 24.0. The van der Waals surface area contributed by atoms with Gasteiger partial charge in [0, 0.05) is 10.9 Å². The van der Waals surface area contributed by atoms with Crippen LogP contribution in [-0.4, -0.2) is 23.2 Å². The lowest BCUT2D eigenvalue weighted by Crippen LogP contribution is -2.37. The molecular weight excluding hydrogens is 432 g/mol. The van der Waals surface area contributed by atoms with E-state index >= 15 is 0 Å². The molecule has 35 heavy (non-hydrogen) atoms. The van der Waals surface area contributed by atoms with Crippen molar-refractivity contribution in [3.8, 4) is 22.4 Å². The quantitative estimate of drug-likeness (QED) is 0.301. The summed E-state index contributed by atoms with van der Waals surface area (Å²) in [6.45, 7) is 0. The van der Waals surface area contributed by atoms with E-state index in [-0.39, 0.29) is 5.91 Å². The number of hydrogen-bond donors (Lipinski definition) is 1. The normalized spacial score (nSPS) is 11.7. The Kier molecular flexibility index (Phi) is 6.44. The number of benzene rings is 4. The molecule has 1 heterocycles. The third kappa shape index (κ3) is 5.02. The lowest BCUT2D eigenvalue weighted by Gasteiger charge is -2.15. The minimum atomic E-state index is -0.620. The Morgan fingerprint density at radius 2 is 1.34 bits per heavy atom. The van der Waals surface area contributed by atoms with Crippen molar-refractivity contribution in [3.63, 3.8) is 0 Å². The summed E-state index contributed by atoms with van der Waals surface area (Å²) in [5, 5.41) is 3.65. The zero-order valence-corrected chi connectivity index (χ0v) is 19.1. The van der Waals surface area contributed by atoms with E-state index in [0.717, 1.165) is 39.4 Å². The molecule has 0 radical (unpaired) electrons. The van der Waals surface area contributed by atoms with Gasteiger partial charge >= 0.3 is 0 Å². The summed E-state index contributed by atoms with van der Waals surface area (Å²) < 4.78 is 0. The van der Waals surface area contributed by atoms with Crippen LogP contribution in [0.4, 0.5) is 0 Å². The molecule has 0 spiro atoms. The third-order valence-electron chi connectivity index (χ3n) is 6.03. The average Bonchev–Trinajstić information content (AvgIpc) is 2.93. The molecule has 4 nitrogen and oxygen atoms in total. The molecule has 5 aromatic rings. The lowest BCUT2D eigenvalue weighted by atomic mass is 10.00. The lowest BCUT2D eigenvalue weighted by molar-refractivity contribution is -0.109. The predicted molar refractivity (Wildman–Crippen MR) is 140 cm³/mol. The highest BCUT2D eigenvalue weighted by Gasteiger charge is 2.18. The largest absolute Gasteiger partial charge is 0.342 e. The number of aldehydes is 1. The number of nitrogens with one attached hydrogen (secondary N) is 1. The number of nitrogens with zero attached hydrogens (tertiary/aromatic N) is 1. The first-order chi connectivity index (χ1) is 17.2. The smallest absolute Gasteiger partial charge is 0.252 e. The van der Waals surface area contributed by atoms with Crippen LogP contribution in [0.3, 0.4) is 0 Å². The van der Waals surface area contributed by atoms with Crippen molar-refractivity contribution in [1.29, 1.82) is 0 Å². The minimum Gasteiger partial charge on any atom is -0.342 e. The number of amides is 1. The molecule has 170 valence electrons. The van der Waals surface area contributed by atoms with Crippen LogP contribution in [0.25, 0.3) is 33.3 Å². The van der Waals surface area contributed by atoms with Gasteiger partial charge in [0.1, 0.15) is 6.29 Å². The first-order valence-electron chi connectivity index (χ1n) is 11.6. The standard InChI is InChI=1S/C31H24N2O2/c34-21-26(19-22-9-3-1-4-10-22)32-31(35)28-20-30(33-29-14-8-7-13-27(28)29)25-17-15-24(16-18-25)23-11-5-2-6-12-23/h1-18,20-21,26H,19H2,(H,32,35)/t26-/m0/s1. The van der Waals surface area contributed by atoms with Crippen molar-refractivity contribution >= 4 is 23.1 Å². The Labute approximate surface area is 204 Å². The number of carbonyl (C=O) groups excluding carboxylic acids is 2. The summed E-state index contributed by atoms with van der Waals surface area (Å²) in [4.78, 5) is 29.9. The number of carbonyl (C=O) groups is 2. The molecule has 0 aliphatic rings. The minimum absolute atomic E-state index is 0.293. The first-order valence-corrected chi connectivity index (χ1v) is 11.6. The van der Waals surface area contributed by atoms with Gasteiger partial charge in [0.2, 0.25) is 0 Å². The van der Waals surface area contributed by atoms with Crippen molar-refractivity contribution in [3.05, 3.63) is 126 Å². The van der Waals surface area contributed by atoms with E-state index in [0.29, 0.717) is 17.7 Å². The highest BCUT2D eigenvalue weighted by atomic mass is 16.2. The van der Waals surface area contributed by atoms with Gasteiger partial charge in [0.15, 0.2) is 0 Å². The molecule has 0 saturated heterocycles. The molecule has 0 fully saturated rings. The fourth-order valence-electron chi connectivity index (χ4n) is 4.22. The number of para-hydroxylation sites is 1. The van der Waals surface area contributed by atoms with Crippen LogP contribution in [0.2, 0.25) is 0 Å². The molecule has 0 unspecified atom stereocenters. The fourth-order valence-corrected chi connectivity index (χ4v) is 4.22. The molecule has 4 heteroatoms. The second-order valence-electron chi connectivity index (χ2n) is 8.42. The average molecular weight is 457 g/mol. The first kappa shape index (κ1) is 22.2. The topological polar surface area (TPSA) is 59.1 Å². The van der Waals surface area contributed by atoms with Gasteiger partial charge in [-0.1, -0.05) is 103 Å². The SMILES string of the molecule is O=C[C@H](Cc1ccccc1)NC(=O)c1cc(-c2ccc(-c3ccccc3)cc2)nc2ccccc12. The summed E-state index contributed by atoms with van der Waals surface area (Å²) in [7, 11) is 0. The Hall–Kier alpha value is -4.57. The van der Waals surface area contributed by atoms with Crippen LogP contribution < -0.4 is 5.32 Å². The highest BCUT2D eigenvalue weighted by Crippen LogP contribution is 2.27. The summed E-state index contributed by atoms with van der Waals surface area (Å²) in [6, 6.07) is 36.8. The van der Waals surface area contributed by atoms with Gasteiger partial charge in [-0.15, -0.1) is 0 Å². The monoisotopic (exact) mass is 456 g/mol. The molecule has 1 aromatic heterocycles. The number of rotatable bonds is 7. The predicted octanol–water partition coefficient (Wildman–Crippen LogP) is 6.11. The second-order valence-corrected chi connectivity index (χ2v) is 8.42. The van der Waals surface area contributed by atoms with Crippen molar-refractivity contribution in [1.82, 2.24) is 10.3 Å². The van der Waals surface area contributed by atoms with Crippen molar-refractivity contribution in [2.45, 2.75) is 12.5 Å². The molecule has 4 aromatic carbocycles. The van der Waals surface area contributed by atoms with Crippen LogP contribution in [-0.2, 0) is 11.2 Å². The van der Waals surface area contributed by atoms with Crippen LogP contribution in [0.1, 0.15) is 15.9 Å². The molecule has 0 aliphatic carbocycles. The van der Waals surface area contributed by atoms with Gasteiger partial charge in [0.25, 0.3) is 5.91 Å². The van der Waals surface area contributed by atoms with E-state index in [4.69, 9.17) is 4.98 Å². The highest BCUT2D eigenvalue weighted by molar-refractivity contribution is 6.07. The Morgan fingerprint density at radius 3 is 2.06 bits per heavy atom. The van der Waals surface area contributed by atoms with Crippen LogP contribution in [0.15, 0.2) is 115 Å². The number of fused-ring (bicyclic) bond motifs is 1. The third-order valence-corrected chi connectivity index (χ3v) is 6.03. The van der Waals surface area contributed by atoms with E-state index in [1.54, 1.807) is 6.07 Å². The summed E-state index contributed by atoms with van der Waals surface area (Å²) in [5.74, 6) is -0.293. The van der Waals surface area contributed by atoms with Crippen molar-refractivity contribution in [2.24, 2.45) is 0 Å². The molecule has 1 amide bonds. The van der Waals surface area contributed by atoms with E-state index in [9.17, 15) is 9.59 Å². The molecule has 5 rings (SSSR count). The maximum atomic E-state index is 13.3. The molecule has 1 atom stereocenters. The zero-order valence-electron chi connectivity index (χ0n) is 19.1. The van der Waals surface area contributed by atoms with E-state index in [1.807, 2.05) is 84.9 Å². The maximum Gasteiger partial charge on any atom is 0.252 e. The molecule has 0 aliphatic heterocycles. The van der Waals surface area contributed by atoms with Crippen LogP contribution in [0.5, 0.6) is 0 Å². The summed E-state index contributed by atoms with van der Waals surface area (Å²) in [5.41, 5.74) is 6.10. The van der Waals surface area contributed by atoms with Gasteiger partial charge in [-0.05, 0) is 35.2 Å². The molecule has 0 saturated carbocycles. The van der Waals surface area contributed by atoms with E-state index in [2.05, 4.69) is 29.6 Å². The van der Waals surface area contributed by atoms with Gasteiger partial charge < -0.3 is 10.1 Å². The second kappa shape index (κ2) is 10.1. The Bertz CT molecular complexity index is 1460. The van der Waals surface area contributed by atoms with E-state index in [1.165, 1.54) is 0 Å². The van der Waals surface area contributed by atoms with Gasteiger partial charge in [-0.3, -0.25) is 4.79 Å². The van der Waals surface area contributed by atoms with Crippen molar-refractivity contribution < 1.29 is 9.59 Å². The van der Waals surface area contributed by atoms with Crippen LogP contribution >= 0.6 is 0 Å². The Balaban J connectivity index is 1.46. The van der Waals surface area contributed by atoms with Crippen LogP contribution in [0, 0.1) is 0 Å². The van der Waals surface area contributed by atoms with E-state index < -0.39 is 6.04 Å². The molecule has 1 N–H and O–H groups in total. The number of pyridine rings is 1. The van der Waals surface area contributed by atoms with Gasteiger partial charge in [-0.2, -0.15) is 0 Å². The summed E-state index contributed by atoms with van der Waals surface area (Å²) in [6.07, 6.45) is 1.23. The Morgan fingerprint density at radius 1 is 0.743 bits per heavy atom. The van der Waals surface area contributed by atoms with Gasteiger partial charge in [-0.25, -0.2) is 4.98 Å². The summed E-state index contributed by atoms with van der Waals surface area (Å²) >= 11 is 0. The maximum absolute atomic E-state index is 13.3.